The number of halogens is 1. The van der Waals surface area contributed by atoms with E-state index in [1.165, 1.54) is 12.1 Å². The van der Waals surface area contributed by atoms with Crippen LogP contribution in [0.25, 0.3) is 0 Å². The average Bonchev–Trinajstić information content (AvgIpc) is 2.73. The molecule has 5 nitrogen and oxygen atoms in total. The third kappa shape index (κ3) is 4.38. The van der Waals surface area contributed by atoms with Crippen molar-refractivity contribution in [1.82, 2.24) is 4.90 Å². The van der Waals surface area contributed by atoms with Crippen molar-refractivity contribution in [3.8, 4) is 17.2 Å². The van der Waals surface area contributed by atoms with Crippen molar-refractivity contribution in [1.29, 1.82) is 0 Å². The molecule has 0 unspecified atom stereocenters. The molecular formula is C22H24FNO4. The Kier molecular flexibility index (Phi) is 5.65. The number of rotatable bonds is 5. The normalized spacial score (nSPS) is 19.3. The number of carbonyl (C=O) groups excluding carboxylic acids is 1. The van der Waals surface area contributed by atoms with Gasteiger partial charge < -0.3 is 19.1 Å². The number of ether oxygens (including phenoxy) is 3. The zero-order valence-electron chi connectivity index (χ0n) is 15.7. The average molecular weight is 385 g/mol. The van der Waals surface area contributed by atoms with Gasteiger partial charge in [-0.15, -0.1) is 0 Å². The van der Waals surface area contributed by atoms with Crippen LogP contribution in [0.15, 0.2) is 48.5 Å². The fourth-order valence-electron chi connectivity index (χ4n) is 3.69. The van der Waals surface area contributed by atoms with Gasteiger partial charge >= 0.3 is 0 Å². The van der Waals surface area contributed by atoms with Gasteiger partial charge in [0, 0.05) is 19.2 Å². The highest BCUT2D eigenvalue weighted by Gasteiger charge is 2.33. The van der Waals surface area contributed by atoms with Crippen molar-refractivity contribution >= 4 is 5.91 Å². The van der Waals surface area contributed by atoms with E-state index in [9.17, 15) is 9.18 Å². The van der Waals surface area contributed by atoms with Gasteiger partial charge in [-0.1, -0.05) is 18.2 Å². The molecule has 2 aliphatic rings. The molecule has 0 N–H and O–H groups in total. The van der Waals surface area contributed by atoms with Gasteiger partial charge in [-0.3, -0.25) is 4.79 Å². The van der Waals surface area contributed by atoms with Gasteiger partial charge in [0.15, 0.2) is 11.5 Å². The highest BCUT2D eigenvalue weighted by atomic mass is 19.1. The lowest BCUT2D eigenvalue weighted by atomic mass is 9.93. The first-order valence-electron chi connectivity index (χ1n) is 9.74. The molecule has 1 fully saturated rings. The van der Waals surface area contributed by atoms with Crippen LogP contribution >= 0.6 is 0 Å². The van der Waals surface area contributed by atoms with Gasteiger partial charge in [0.1, 0.15) is 18.2 Å². The Morgan fingerprint density at radius 2 is 1.89 bits per heavy atom. The predicted molar refractivity (Wildman–Crippen MR) is 102 cm³/mol. The van der Waals surface area contributed by atoms with Crippen LogP contribution in [0.1, 0.15) is 19.3 Å². The number of hydrogen-bond acceptors (Lipinski definition) is 4. The number of amides is 1. The number of likely N-dealkylation sites (tertiary alicyclic amines) is 1. The summed E-state index contributed by atoms with van der Waals surface area (Å²) in [6.45, 7) is 2.23. The predicted octanol–water partition coefficient (Wildman–Crippen LogP) is 3.67. The van der Waals surface area contributed by atoms with Crippen molar-refractivity contribution in [2.24, 2.45) is 5.92 Å². The Labute approximate surface area is 164 Å². The van der Waals surface area contributed by atoms with Crippen LogP contribution in [-0.2, 0) is 4.79 Å². The molecule has 1 atom stereocenters. The van der Waals surface area contributed by atoms with E-state index in [1.54, 1.807) is 12.1 Å². The van der Waals surface area contributed by atoms with Gasteiger partial charge in [-0.25, -0.2) is 4.39 Å². The summed E-state index contributed by atoms with van der Waals surface area (Å²) >= 11 is 0. The molecule has 0 bridgehead atoms. The first-order valence-corrected chi connectivity index (χ1v) is 9.74. The van der Waals surface area contributed by atoms with Gasteiger partial charge in [0.05, 0.1) is 6.61 Å². The van der Waals surface area contributed by atoms with E-state index in [0.29, 0.717) is 42.9 Å². The number of fused-ring (bicyclic) bond motifs is 1. The topological polar surface area (TPSA) is 48.0 Å². The molecule has 148 valence electrons. The Morgan fingerprint density at radius 1 is 1.11 bits per heavy atom. The lowest BCUT2D eigenvalue weighted by Crippen LogP contribution is -2.49. The van der Waals surface area contributed by atoms with Crippen molar-refractivity contribution in [2.75, 3.05) is 26.3 Å². The first-order chi connectivity index (χ1) is 13.7. The van der Waals surface area contributed by atoms with E-state index in [4.69, 9.17) is 14.2 Å². The maximum Gasteiger partial charge on any atom is 0.267 e. The molecule has 0 aliphatic carbocycles. The minimum Gasteiger partial charge on any atom is -0.493 e. The second-order valence-corrected chi connectivity index (χ2v) is 7.23. The van der Waals surface area contributed by atoms with Gasteiger partial charge in [-0.2, -0.15) is 0 Å². The van der Waals surface area contributed by atoms with Gasteiger partial charge in [0.2, 0.25) is 6.10 Å². The van der Waals surface area contributed by atoms with Crippen molar-refractivity contribution in [2.45, 2.75) is 25.4 Å². The number of para-hydroxylation sites is 2. The summed E-state index contributed by atoms with van der Waals surface area (Å²) in [7, 11) is 0. The monoisotopic (exact) mass is 385 g/mol. The Hall–Kier alpha value is -2.76. The summed E-state index contributed by atoms with van der Waals surface area (Å²) in [6.07, 6.45) is 2.18. The van der Waals surface area contributed by atoms with E-state index in [-0.39, 0.29) is 18.3 Å². The second-order valence-electron chi connectivity index (χ2n) is 7.23. The van der Waals surface area contributed by atoms with Crippen molar-refractivity contribution in [3.63, 3.8) is 0 Å². The standard InChI is InChI=1S/C22H24FNO4/c23-17-4-3-5-18(14-17)26-13-10-16-8-11-24(12-9-16)22(25)21-15-27-19-6-1-2-7-20(19)28-21/h1-7,14,16,21H,8-13,15H2/t21-/m0/s1. The van der Waals surface area contributed by atoms with Crippen LogP contribution in [0.2, 0.25) is 0 Å². The van der Waals surface area contributed by atoms with Gasteiger partial charge in [-0.05, 0) is 49.4 Å². The second kappa shape index (κ2) is 8.50. The van der Waals surface area contributed by atoms with Crippen LogP contribution in [0.5, 0.6) is 17.2 Å². The quantitative estimate of drug-likeness (QED) is 0.788. The summed E-state index contributed by atoms with van der Waals surface area (Å²) in [4.78, 5) is 14.6. The smallest absolute Gasteiger partial charge is 0.267 e. The molecule has 0 aromatic heterocycles. The summed E-state index contributed by atoms with van der Waals surface area (Å²) in [6, 6.07) is 13.6. The number of nitrogens with zero attached hydrogens (tertiary/aromatic N) is 1. The number of hydrogen-bond donors (Lipinski definition) is 0. The molecule has 28 heavy (non-hydrogen) atoms. The fraction of sp³-hybridized carbons (Fsp3) is 0.409. The molecule has 1 saturated heterocycles. The molecule has 2 aromatic rings. The Bertz CT molecular complexity index is 820. The molecule has 2 aliphatic heterocycles. The molecule has 2 heterocycles. The Morgan fingerprint density at radius 3 is 2.68 bits per heavy atom. The molecule has 6 heteroatoms. The maximum atomic E-state index is 13.2. The minimum absolute atomic E-state index is 0.0102. The van der Waals surface area contributed by atoms with Crippen LogP contribution in [-0.4, -0.2) is 43.2 Å². The molecule has 2 aromatic carbocycles. The maximum absolute atomic E-state index is 13.2. The molecule has 4 rings (SSSR count). The third-order valence-electron chi connectivity index (χ3n) is 5.30. The number of piperidine rings is 1. The fourth-order valence-corrected chi connectivity index (χ4v) is 3.69. The minimum atomic E-state index is -0.581. The lowest BCUT2D eigenvalue weighted by Gasteiger charge is -2.35. The molecular weight excluding hydrogens is 361 g/mol. The summed E-state index contributed by atoms with van der Waals surface area (Å²) < 4.78 is 30.3. The highest BCUT2D eigenvalue weighted by Crippen LogP contribution is 2.32. The summed E-state index contributed by atoms with van der Waals surface area (Å²) in [5, 5.41) is 0. The molecule has 0 radical (unpaired) electrons. The largest absolute Gasteiger partial charge is 0.493 e. The van der Waals surface area contributed by atoms with Crippen LogP contribution in [0.4, 0.5) is 4.39 Å². The van der Waals surface area contributed by atoms with E-state index in [0.717, 1.165) is 19.3 Å². The number of benzene rings is 2. The molecule has 1 amide bonds. The van der Waals surface area contributed by atoms with Crippen LogP contribution in [0, 0.1) is 11.7 Å². The summed E-state index contributed by atoms with van der Waals surface area (Å²) in [5.74, 6) is 2.06. The zero-order chi connectivity index (χ0) is 19.3. The highest BCUT2D eigenvalue weighted by molar-refractivity contribution is 5.82. The van der Waals surface area contributed by atoms with E-state index in [2.05, 4.69) is 0 Å². The first kappa shape index (κ1) is 18.6. The third-order valence-corrected chi connectivity index (χ3v) is 5.30. The number of carbonyl (C=O) groups is 1. The van der Waals surface area contributed by atoms with E-state index < -0.39 is 6.10 Å². The lowest BCUT2D eigenvalue weighted by molar-refractivity contribution is -0.142. The van der Waals surface area contributed by atoms with E-state index >= 15 is 0 Å². The molecule has 0 saturated carbocycles. The van der Waals surface area contributed by atoms with Crippen molar-refractivity contribution in [3.05, 3.63) is 54.3 Å². The molecule has 0 spiro atoms. The van der Waals surface area contributed by atoms with E-state index in [1.807, 2.05) is 29.2 Å². The Balaban J connectivity index is 1.21. The zero-order valence-corrected chi connectivity index (χ0v) is 15.7. The van der Waals surface area contributed by atoms with Crippen LogP contribution in [0.3, 0.4) is 0 Å². The SMILES string of the molecule is O=C([C@@H]1COc2ccccc2O1)N1CCC(CCOc2cccc(F)c2)CC1. The van der Waals surface area contributed by atoms with Crippen LogP contribution < -0.4 is 14.2 Å². The summed E-state index contributed by atoms with van der Waals surface area (Å²) in [5.41, 5.74) is 0. The van der Waals surface area contributed by atoms with Crippen molar-refractivity contribution < 1.29 is 23.4 Å². The van der Waals surface area contributed by atoms with Gasteiger partial charge in [0.25, 0.3) is 5.91 Å².